The molecule has 0 fully saturated rings. The van der Waals surface area contributed by atoms with Crippen LogP contribution in [0, 0.1) is 0 Å². The van der Waals surface area contributed by atoms with Crippen LogP contribution >= 0.6 is 0 Å². The van der Waals surface area contributed by atoms with Crippen LogP contribution in [0.25, 0.3) is 11.1 Å². The highest BCUT2D eigenvalue weighted by molar-refractivity contribution is 7.01. The second-order valence-electron chi connectivity index (χ2n) is 8.45. The smallest absolute Gasteiger partial charge is 0.0654 e. The van der Waals surface area contributed by atoms with Gasteiger partial charge in [0.1, 0.15) is 8.07 Å². The van der Waals surface area contributed by atoms with Crippen molar-refractivity contribution in [3.8, 4) is 0 Å². The van der Waals surface area contributed by atoms with Gasteiger partial charge >= 0.3 is 0 Å². The molecular weight excluding hydrogens is 316 g/mol. The summed E-state index contributed by atoms with van der Waals surface area (Å²) in [5.41, 5.74) is 12.3. The Labute approximate surface area is 153 Å². The third-order valence-corrected chi connectivity index (χ3v) is 10.3. The first-order chi connectivity index (χ1) is 11.8. The minimum absolute atomic E-state index is 1.14. The average molecular weight is 345 g/mol. The van der Waals surface area contributed by atoms with Gasteiger partial charge in [-0.25, -0.2) is 0 Å². The summed E-state index contributed by atoms with van der Waals surface area (Å²) in [5, 5.41) is 3.27. The summed E-state index contributed by atoms with van der Waals surface area (Å²) in [7, 11) is -1.74. The summed E-state index contributed by atoms with van der Waals surface area (Å²) in [5.74, 6) is 0. The number of hydrogen-bond donors (Lipinski definition) is 0. The standard InChI is InChI=1S/C24H28Si/c1-15-13-21-19(17(15)3)9-7-11-23(21)25(5,6)24-12-8-10-20-18(4)16(2)14-22(20)24/h7-12H,13-14H2,1-6H3. The molecule has 2 aromatic carbocycles. The van der Waals surface area contributed by atoms with E-state index in [0.29, 0.717) is 0 Å². The fraction of sp³-hybridized carbons (Fsp3) is 0.333. The van der Waals surface area contributed by atoms with Crippen LogP contribution in [-0.4, -0.2) is 8.07 Å². The molecule has 2 aromatic rings. The fourth-order valence-corrected chi connectivity index (χ4v) is 8.10. The Balaban J connectivity index is 1.88. The van der Waals surface area contributed by atoms with E-state index in [0.717, 1.165) is 12.8 Å². The minimum Gasteiger partial charge on any atom is -0.0654 e. The molecule has 0 aromatic heterocycles. The molecule has 0 saturated carbocycles. The molecular formula is C24H28Si. The largest absolute Gasteiger partial charge is 0.113 e. The Kier molecular flexibility index (Phi) is 3.70. The number of fused-ring (bicyclic) bond motifs is 2. The van der Waals surface area contributed by atoms with Crippen molar-refractivity contribution in [3.63, 3.8) is 0 Å². The number of benzene rings is 2. The second kappa shape index (κ2) is 5.57. The van der Waals surface area contributed by atoms with Crippen molar-refractivity contribution in [2.24, 2.45) is 0 Å². The predicted molar refractivity (Wildman–Crippen MR) is 114 cm³/mol. The first-order valence-electron chi connectivity index (χ1n) is 9.40. The van der Waals surface area contributed by atoms with Crippen LogP contribution in [0.5, 0.6) is 0 Å². The zero-order valence-electron chi connectivity index (χ0n) is 16.4. The Bertz CT molecular complexity index is 877. The molecule has 25 heavy (non-hydrogen) atoms. The zero-order valence-corrected chi connectivity index (χ0v) is 17.4. The van der Waals surface area contributed by atoms with E-state index in [4.69, 9.17) is 0 Å². The van der Waals surface area contributed by atoms with Gasteiger partial charge in [0.25, 0.3) is 0 Å². The molecule has 128 valence electrons. The van der Waals surface area contributed by atoms with Crippen molar-refractivity contribution in [1.29, 1.82) is 0 Å². The highest BCUT2D eigenvalue weighted by Crippen LogP contribution is 2.34. The summed E-state index contributed by atoms with van der Waals surface area (Å²) in [6.45, 7) is 14.3. The Morgan fingerprint density at radius 3 is 1.44 bits per heavy atom. The number of hydrogen-bond acceptors (Lipinski definition) is 0. The van der Waals surface area contributed by atoms with Crippen molar-refractivity contribution in [3.05, 3.63) is 69.8 Å². The van der Waals surface area contributed by atoms with Gasteiger partial charge in [0.15, 0.2) is 0 Å². The lowest BCUT2D eigenvalue weighted by atomic mass is 10.1. The molecule has 4 rings (SSSR count). The first kappa shape index (κ1) is 16.6. The molecule has 0 amide bonds. The summed E-state index contributed by atoms with van der Waals surface area (Å²) < 4.78 is 0. The maximum absolute atomic E-state index is 2.55. The highest BCUT2D eigenvalue weighted by atomic mass is 28.3. The molecule has 0 heterocycles. The van der Waals surface area contributed by atoms with Gasteiger partial charge in [-0.05, 0) is 73.9 Å². The minimum atomic E-state index is -1.74. The lowest BCUT2D eigenvalue weighted by Gasteiger charge is -2.29. The van der Waals surface area contributed by atoms with Crippen molar-refractivity contribution in [1.82, 2.24) is 0 Å². The third-order valence-electron chi connectivity index (χ3n) is 6.67. The van der Waals surface area contributed by atoms with E-state index < -0.39 is 8.07 Å². The molecule has 1 heteroatoms. The van der Waals surface area contributed by atoms with Crippen LogP contribution in [0.3, 0.4) is 0 Å². The first-order valence-corrected chi connectivity index (χ1v) is 12.4. The van der Waals surface area contributed by atoms with E-state index in [9.17, 15) is 0 Å². The molecule has 0 aliphatic heterocycles. The van der Waals surface area contributed by atoms with Gasteiger partial charge in [-0.3, -0.25) is 0 Å². The SMILES string of the molecule is CC1=C(C)c2cccc([Si](C)(C)c3cccc4c3CC(C)=C4C)c2C1. The van der Waals surface area contributed by atoms with E-state index in [1.165, 1.54) is 22.3 Å². The van der Waals surface area contributed by atoms with Crippen molar-refractivity contribution < 1.29 is 0 Å². The molecule has 0 radical (unpaired) electrons. The molecule has 0 N–H and O–H groups in total. The van der Waals surface area contributed by atoms with Gasteiger partial charge < -0.3 is 0 Å². The molecule has 2 aliphatic rings. The van der Waals surface area contributed by atoms with Crippen LogP contribution < -0.4 is 10.4 Å². The average Bonchev–Trinajstić information content (AvgIpc) is 3.04. The maximum Gasteiger partial charge on any atom is 0.113 e. The molecule has 0 nitrogen and oxygen atoms in total. The topological polar surface area (TPSA) is 0 Å². The Morgan fingerprint density at radius 1 is 0.640 bits per heavy atom. The van der Waals surface area contributed by atoms with Crippen LogP contribution in [0.2, 0.25) is 13.1 Å². The van der Waals surface area contributed by atoms with E-state index in [2.05, 4.69) is 77.2 Å². The molecule has 2 aliphatic carbocycles. The van der Waals surface area contributed by atoms with Gasteiger partial charge in [0.05, 0.1) is 0 Å². The van der Waals surface area contributed by atoms with Crippen LogP contribution in [0.4, 0.5) is 0 Å². The normalized spacial score (nSPS) is 16.6. The summed E-state index contributed by atoms with van der Waals surface area (Å²) in [6.07, 6.45) is 2.28. The van der Waals surface area contributed by atoms with E-state index in [-0.39, 0.29) is 0 Å². The second-order valence-corrected chi connectivity index (χ2v) is 12.8. The van der Waals surface area contributed by atoms with Gasteiger partial charge in [0.2, 0.25) is 0 Å². The van der Waals surface area contributed by atoms with Gasteiger partial charge in [0, 0.05) is 0 Å². The van der Waals surface area contributed by atoms with Crippen molar-refractivity contribution in [2.75, 3.05) is 0 Å². The van der Waals surface area contributed by atoms with Crippen molar-refractivity contribution >= 4 is 29.6 Å². The predicted octanol–water partition coefficient (Wildman–Crippen LogP) is 5.21. The Morgan fingerprint density at radius 2 is 1.04 bits per heavy atom. The van der Waals surface area contributed by atoms with Crippen molar-refractivity contribution in [2.45, 2.75) is 53.6 Å². The highest BCUT2D eigenvalue weighted by Gasteiger charge is 2.34. The number of allylic oxidation sites excluding steroid dienone is 4. The van der Waals surface area contributed by atoms with Crippen LogP contribution in [0.15, 0.2) is 47.5 Å². The van der Waals surface area contributed by atoms with Gasteiger partial charge in [-0.15, -0.1) is 0 Å². The monoisotopic (exact) mass is 344 g/mol. The molecule has 0 bridgehead atoms. The summed E-state index contributed by atoms with van der Waals surface area (Å²) in [4.78, 5) is 0. The summed E-state index contributed by atoms with van der Waals surface area (Å²) in [6, 6.07) is 14.0. The molecule has 0 spiro atoms. The van der Waals surface area contributed by atoms with E-state index in [1.807, 2.05) is 0 Å². The lowest BCUT2D eigenvalue weighted by Crippen LogP contribution is -2.55. The van der Waals surface area contributed by atoms with Crippen LogP contribution in [-0.2, 0) is 12.8 Å². The van der Waals surface area contributed by atoms with Gasteiger partial charge in [-0.1, -0.05) is 71.0 Å². The van der Waals surface area contributed by atoms with E-state index >= 15 is 0 Å². The fourth-order valence-electron chi connectivity index (χ4n) is 4.83. The third kappa shape index (κ3) is 2.32. The van der Waals surface area contributed by atoms with E-state index in [1.54, 1.807) is 32.6 Å². The van der Waals surface area contributed by atoms with Crippen LogP contribution in [0.1, 0.15) is 49.9 Å². The number of rotatable bonds is 2. The Hall–Kier alpha value is -1.86. The maximum atomic E-state index is 2.55. The quantitative estimate of drug-likeness (QED) is 0.656. The van der Waals surface area contributed by atoms with Gasteiger partial charge in [-0.2, -0.15) is 0 Å². The summed E-state index contributed by atoms with van der Waals surface area (Å²) >= 11 is 0. The molecule has 0 saturated heterocycles. The zero-order chi connectivity index (χ0) is 17.9. The lowest BCUT2D eigenvalue weighted by molar-refractivity contribution is 1.19. The molecule has 0 unspecified atom stereocenters. The molecule has 0 atom stereocenters.